The van der Waals surface area contributed by atoms with E-state index in [1.54, 1.807) is 12.3 Å². The predicted octanol–water partition coefficient (Wildman–Crippen LogP) is 3.06. The Hall–Kier alpha value is -2.48. The molecule has 4 rings (SSSR count). The largest absolute Gasteiger partial charge is 0.323 e. The number of nitriles is 1. The SMILES string of the molecule is N#Cc1nccnc1N1CC2(CCC2)c2c(F)cccc21. The molecule has 0 amide bonds. The molecule has 1 aromatic heterocycles. The highest BCUT2D eigenvalue weighted by atomic mass is 19.1. The van der Waals surface area contributed by atoms with Gasteiger partial charge < -0.3 is 4.90 Å². The predicted molar refractivity (Wildman–Crippen MR) is 75.7 cm³/mol. The normalized spacial score (nSPS) is 18.2. The minimum atomic E-state index is -0.155. The van der Waals surface area contributed by atoms with Crippen LogP contribution in [0.3, 0.4) is 0 Å². The number of hydrogen-bond acceptors (Lipinski definition) is 4. The molecule has 21 heavy (non-hydrogen) atoms. The van der Waals surface area contributed by atoms with E-state index in [9.17, 15) is 9.65 Å². The van der Waals surface area contributed by atoms with E-state index in [0.29, 0.717) is 12.4 Å². The third kappa shape index (κ3) is 1.59. The summed E-state index contributed by atoms with van der Waals surface area (Å²) in [5, 5.41) is 9.23. The molecule has 1 fully saturated rings. The van der Waals surface area contributed by atoms with Crippen LogP contribution in [0.15, 0.2) is 30.6 Å². The Morgan fingerprint density at radius 3 is 2.76 bits per heavy atom. The van der Waals surface area contributed by atoms with Gasteiger partial charge in [0.15, 0.2) is 11.5 Å². The summed E-state index contributed by atoms with van der Waals surface area (Å²) in [6.45, 7) is 0.677. The van der Waals surface area contributed by atoms with E-state index < -0.39 is 0 Å². The molecule has 0 N–H and O–H groups in total. The van der Waals surface area contributed by atoms with Crippen LogP contribution in [-0.4, -0.2) is 16.5 Å². The lowest BCUT2D eigenvalue weighted by atomic mass is 9.65. The van der Waals surface area contributed by atoms with Gasteiger partial charge in [0, 0.05) is 35.6 Å². The van der Waals surface area contributed by atoms with E-state index in [1.807, 2.05) is 11.0 Å². The first kappa shape index (κ1) is 12.3. The van der Waals surface area contributed by atoms with Crippen LogP contribution < -0.4 is 4.90 Å². The van der Waals surface area contributed by atoms with Crippen LogP contribution in [0.4, 0.5) is 15.9 Å². The van der Waals surface area contributed by atoms with Crippen LogP contribution in [0.2, 0.25) is 0 Å². The number of anilines is 2. The molecule has 0 saturated heterocycles. The van der Waals surface area contributed by atoms with Gasteiger partial charge in [0.05, 0.1) is 0 Å². The van der Waals surface area contributed by atoms with E-state index in [2.05, 4.69) is 16.0 Å². The van der Waals surface area contributed by atoms with Crippen molar-refractivity contribution in [3.05, 3.63) is 47.7 Å². The summed E-state index contributed by atoms with van der Waals surface area (Å²) in [6.07, 6.45) is 6.16. The van der Waals surface area contributed by atoms with Crippen molar-refractivity contribution in [2.75, 3.05) is 11.4 Å². The van der Waals surface area contributed by atoms with Crippen LogP contribution in [0.1, 0.15) is 30.5 Å². The molecule has 0 unspecified atom stereocenters. The van der Waals surface area contributed by atoms with Crippen molar-refractivity contribution in [2.24, 2.45) is 0 Å². The summed E-state index contributed by atoms with van der Waals surface area (Å²) in [6, 6.07) is 7.20. The van der Waals surface area contributed by atoms with Crippen LogP contribution in [0, 0.1) is 17.1 Å². The average molecular weight is 280 g/mol. The van der Waals surface area contributed by atoms with Gasteiger partial charge in [0.2, 0.25) is 0 Å². The molecular weight excluding hydrogens is 267 g/mol. The van der Waals surface area contributed by atoms with E-state index in [4.69, 9.17) is 0 Å². The fourth-order valence-corrected chi connectivity index (χ4v) is 3.54. The monoisotopic (exact) mass is 280 g/mol. The minimum absolute atomic E-state index is 0.120. The van der Waals surface area contributed by atoms with Crippen molar-refractivity contribution in [2.45, 2.75) is 24.7 Å². The Bertz CT molecular complexity index is 761. The van der Waals surface area contributed by atoms with Crippen molar-refractivity contribution < 1.29 is 4.39 Å². The van der Waals surface area contributed by atoms with Gasteiger partial charge in [0.1, 0.15) is 11.9 Å². The number of benzene rings is 1. The Labute approximate surface area is 121 Å². The molecule has 2 aliphatic rings. The van der Waals surface area contributed by atoms with Gasteiger partial charge >= 0.3 is 0 Å². The quantitative estimate of drug-likeness (QED) is 0.805. The Morgan fingerprint density at radius 2 is 2.05 bits per heavy atom. The van der Waals surface area contributed by atoms with Gasteiger partial charge in [-0.15, -0.1) is 0 Å². The number of fused-ring (bicyclic) bond motifs is 2. The van der Waals surface area contributed by atoms with Crippen LogP contribution in [0.5, 0.6) is 0 Å². The van der Waals surface area contributed by atoms with Crippen molar-refractivity contribution in [3.8, 4) is 6.07 Å². The second kappa shape index (κ2) is 4.26. The number of halogens is 1. The lowest BCUT2D eigenvalue weighted by Crippen LogP contribution is -2.38. The highest BCUT2D eigenvalue weighted by Crippen LogP contribution is 2.55. The van der Waals surface area contributed by atoms with E-state index in [-0.39, 0.29) is 16.9 Å². The zero-order valence-corrected chi connectivity index (χ0v) is 11.4. The summed E-state index contributed by atoms with van der Waals surface area (Å²) in [5.41, 5.74) is 1.77. The summed E-state index contributed by atoms with van der Waals surface area (Å²) < 4.78 is 14.4. The van der Waals surface area contributed by atoms with E-state index in [0.717, 1.165) is 30.5 Å². The lowest BCUT2D eigenvalue weighted by Gasteiger charge is -2.39. The maximum atomic E-state index is 14.4. The molecular formula is C16H13FN4. The highest BCUT2D eigenvalue weighted by Gasteiger charge is 2.49. The Kier molecular flexibility index (Phi) is 2.49. The van der Waals surface area contributed by atoms with E-state index >= 15 is 0 Å². The van der Waals surface area contributed by atoms with Gasteiger partial charge in [0.25, 0.3) is 0 Å². The molecule has 1 aromatic carbocycles. The standard InChI is InChI=1S/C16H13FN4/c17-11-3-1-4-13-14(11)16(5-2-6-16)10-21(13)15-12(9-18)19-7-8-20-15/h1,3-4,7-8H,2,5-6,10H2. The molecule has 0 atom stereocenters. The molecule has 104 valence electrons. The molecule has 2 aromatic rings. The molecule has 1 saturated carbocycles. The number of rotatable bonds is 1. The van der Waals surface area contributed by atoms with Gasteiger partial charge in [-0.1, -0.05) is 12.5 Å². The minimum Gasteiger partial charge on any atom is -0.323 e. The number of aromatic nitrogens is 2. The fraction of sp³-hybridized carbons (Fsp3) is 0.312. The lowest BCUT2D eigenvalue weighted by molar-refractivity contribution is 0.259. The Balaban J connectivity index is 1.91. The maximum absolute atomic E-state index is 14.4. The summed E-state index contributed by atoms with van der Waals surface area (Å²) in [4.78, 5) is 10.3. The maximum Gasteiger partial charge on any atom is 0.183 e. The van der Waals surface area contributed by atoms with Crippen molar-refractivity contribution >= 4 is 11.5 Å². The van der Waals surface area contributed by atoms with Gasteiger partial charge in [-0.05, 0) is 25.0 Å². The zero-order valence-electron chi connectivity index (χ0n) is 11.4. The summed E-state index contributed by atoms with van der Waals surface area (Å²) in [5.74, 6) is 0.368. The molecule has 1 spiro atoms. The smallest absolute Gasteiger partial charge is 0.183 e. The van der Waals surface area contributed by atoms with Gasteiger partial charge in [-0.3, -0.25) is 0 Å². The first-order valence-corrected chi connectivity index (χ1v) is 7.03. The first-order valence-electron chi connectivity index (χ1n) is 7.03. The molecule has 4 nitrogen and oxygen atoms in total. The average Bonchev–Trinajstić information content (AvgIpc) is 2.84. The molecule has 5 heteroatoms. The summed E-state index contributed by atoms with van der Waals surface area (Å²) >= 11 is 0. The Morgan fingerprint density at radius 1 is 1.24 bits per heavy atom. The van der Waals surface area contributed by atoms with Gasteiger partial charge in [-0.2, -0.15) is 5.26 Å². The highest BCUT2D eigenvalue weighted by molar-refractivity contribution is 5.73. The molecule has 1 aliphatic heterocycles. The van der Waals surface area contributed by atoms with Crippen LogP contribution in [0.25, 0.3) is 0 Å². The van der Waals surface area contributed by atoms with E-state index in [1.165, 1.54) is 12.3 Å². The van der Waals surface area contributed by atoms with Gasteiger partial charge in [-0.25, -0.2) is 14.4 Å². The second-order valence-electron chi connectivity index (χ2n) is 5.69. The topological polar surface area (TPSA) is 52.8 Å². The fourth-order valence-electron chi connectivity index (χ4n) is 3.54. The van der Waals surface area contributed by atoms with Crippen molar-refractivity contribution in [1.29, 1.82) is 5.26 Å². The third-order valence-corrected chi connectivity index (χ3v) is 4.62. The molecule has 0 bridgehead atoms. The van der Waals surface area contributed by atoms with Crippen molar-refractivity contribution in [3.63, 3.8) is 0 Å². The summed E-state index contributed by atoms with van der Waals surface area (Å²) in [7, 11) is 0. The molecule has 0 radical (unpaired) electrons. The van der Waals surface area contributed by atoms with Crippen molar-refractivity contribution in [1.82, 2.24) is 9.97 Å². The van der Waals surface area contributed by atoms with Crippen LogP contribution >= 0.6 is 0 Å². The second-order valence-corrected chi connectivity index (χ2v) is 5.69. The van der Waals surface area contributed by atoms with Crippen LogP contribution in [-0.2, 0) is 5.41 Å². The first-order chi connectivity index (χ1) is 10.2. The number of nitrogens with zero attached hydrogens (tertiary/aromatic N) is 4. The molecule has 1 aliphatic carbocycles. The zero-order chi connectivity index (χ0) is 14.4. The molecule has 2 heterocycles. The third-order valence-electron chi connectivity index (χ3n) is 4.62. The number of hydrogen-bond donors (Lipinski definition) is 0.